The van der Waals surface area contributed by atoms with E-state index < -0.39 is 0 Å². The molecule has 148 valence electrons. The van der Waals surface area contributed by atoms with E-state index >= 15 is 0 Å². The van der Waals surface area contributed by atoms with Gasteiger partial charge in [-0.2, -0.15) is 4.98 Å². The molecule has 1 saturated heterocycles. The SMILES string of the molecule is CC(c1ccc2cccnc2n1)N1CCN(c2ncc3c(n2)OCC(=O)N3)CC1. The lowest BCUT2D eigenvalue weighted by atomic mass is 10.1. The fourth-order valence-electron chi connectivity index (χ4n) is 3.72. The molecule has 0 aromatic carbocycles. The van der Waals surface area contributed by atoms with Crippen molar-refractivity contribution in [1.29, 1.82) is 0 Å². The molecule has 1 N–H and O–H groups in total. The molecular formula is C20H21N7O2. The molecule has 2 aliphatic heterocycles. The minimum Gasteiger partial charge on any atom is -0.466 e. The van der Waals surface area contributed by atoms with Crippen molar-refractivity contribution in [2.24, 2.45) is 0 Å². The van der Waals surface area contributed by atoms with Gasteiger partial charge in [0.15, 0.2) is 12.3 Å². The van der Waals surface area contributed by atoms with Crippen LogP contribution in [0.2, 0.25) is 0 Å². The highest BCUT2D eigenvalue weighted by Crippen LogP contribution is 2.27. The number of hydrogen-bond acceptors (Lipinski definition) is 8. The molecule has 2 aliphatic rings. The van der Waals surface area contributed by atoms with Gasteiger partial charge in [0.25, 0.3) is 5.91 Å². The molecule has 1 fully saturated rings. The van der Waals surface area contributed by atoms with Crippen LogP contribution >= 0.6 is 0 Å². The molecule has 3 aromatic heterocycles. The highest BCUT2D eigenvalue weighted by Gasteiger charge is 2.26. The quantitative estimate of drug-likeness (QED) is 0.720. The molecule has 5 rings (SSSR count). The predicted molar refractivity (Wildman–Crippen MR) is 108 cm³/mol. The van der Waals surface area contributed by atoms with Crippen LogP contribution in [0.25, 0.3) is 11.0 Å². The number of fused-ring (bicyclic) bond motifs is 2. The molecule has 0 spiro atoms. The zero-order chi connectivity index (χ0) is 19.8. The van der Waals surface area contributed by atoms with Crippen molar-refractivity contribution in [3.8, 4) is 5.88 Å². The van der Waals surface area contributed by atoms with Crippen molar-refractivity contribution < 1.29 is 9.53 Å². The number of pyridine rings is 2. The second-order valence-electron chi connectivity index (χ2n) is 7.21. The third-order valence-electron chi connectivity index (χ3n) is 5.41. The van der Waals surface area contributed by atoms with E-state index in [1.165, 1.54) is 0 Å². The van der Waals surface area contributed by atoms with E-state index in [-0.39, 0.29) is 18.6 Å². The number of ether oxygens (including phenoxy) is 1. The second kappa shape index (κ2) is 7.25. The molecule has 9 nitrogen and oxygen atoms in total. The van der Waals surface area contributed by atoms with Crippen molar-refractivity contribution in [2.75, 3.05) is 43.0 Å². The fourth-order valence-corrected chi connectivity index (χ4v) is 3.72. The number of piperazine rings is 1. The molecule has 9 heteroatoms. The number of rotatable bonds is 3. The summed E-state index contributed by atoms with van der Waals surface area (Å²) in [7, 11) is 0. The monoisotopic (exact) mass is 391 g/mol. The number of amides is 1. The molecule has 1 unspecified atom stereocenters. The first-order valence-corrected chi connectivity index (χ1v) is 9.68. The van der Waals surface area contributed by atoms with E-state index in [2.05, 4.69) is 49.1 Å². The number of nitrogens with zero attached hydrogens (tertiary/aromatic N) is 6. The smallest absolute Gasteiger partial charge is 0.262 e. The summed E-state index contributed by atoms with van der Waals surface area (Å²) in [4.78, 5) is 33.9. The summed E-state index contributed by atoms with van der Waals surface area (Å²) in [6, 6.07) is 8.31. The normalized spacial score (nSPS) is 18.1. The van der Waals surface area contributed by atoms with Gasteiger partial charge < -0.3 is 15.0 Å². The van der Waals surface area contributed by atoms with Crippen LogP contribution in [0.5, 0.6) is 5.88 Å². The Morgan fingerprint density at radius 2 is 1.97 bits per heavy atom. The van der Waals surface area contributed by atoms with Gasteiger partial charge in [-0.05, 0) is 31.2 Å². The van der Waals surface area contributed by atoms with Crippen molar-refractivity contribution >= 4 is 28.6 Å². The van der Waals surface area contributed by atoms with E-state index in [0.717, 1.165) is 42.9 Å². The van der Waals surface area contributed by atoms with E-state index in [9.17, 15) is 4.79 Å². The van der Waals surface area contributed by atoms with Gasteiger partial charge in [-0.25, -0.2) is 15.0 Å². The summed E-state index contributed by atoms with van der Waals surface area (Å²) in [6.45, 7) is 5.53. The third kappa shape index (κ3) is 3.44. The topological polar surface area (TPSA) is 96.4 Å². The van der Waals surface area contributed by atoms with Crippen LogP contribution in [-0.4, -0.2) is 63.5 Å². The Morgan fingerprint density at radius 3 is 2.83 bits per heavy atom. The predicted octanol–water partition coefficient (Wildman–Crippen LogP) is 1.63. The molecule has 3 aromatic rings. The Labute approximate surface area is 167 Å². The average Bonchev–Trinajstić information content (AvgIpc) is 2.78. The zero-order valence-corrected chi connectivity index (χ0v) is 16.1. The number of hydrogen-bond donors (Lipinski definition) is 1. The van der Waals surface area contributed by atoms with E-state index in [4.69, 9.17) is 9.72 Å². The molecule has 1 amide bonds. The summed E-state index contributed by atoms with van der Waals surface area (Å²) < 4.78 is 5.41. The molecule has 5 heterocycles. The zero-order valence-electron chi connectivity index (χ0n) is 16.1. The maximum atomic E-state index is 11.4. The maximum absolute atomic E-state index is 11.4. The Bertz CT molecular complexity index is 1070. The first kappa shape index (κ1) is 17.7. The Hall–Kier alpha value is -3.33. The van der Waals surface area contributed by atoms with Gasteiger partial charge in [-0.3, -0.25) is 9.69 Å². The molecule has 1 atom stereocenters. The molecular weight excluding hydrogens is 370 g/mol. The minimum absolute atomic E-state index is 0.0115. The van der Waals surface area contributed by atoms with Crippen LogP contribution in [0.4, 0.5) is 11.6 Å². The summed E-state index contributed by atoms with van der Waals surface area (Å²) >= 11 is 0. The Morgan fingerprint density at radius 1 is 1.10 bits per heavy atom. The Balaban J connectivity index is 1.26. The minimum atomic E-state index is -0.186. The lowest BCUT2D eigenvalue weighted by Crippen LogP contribution is -2.48. The van der Waals surface area contributed by atoms with Crippen LogP contribution in [0.3, 0.4) is 0 Å². The van der Waals surface area contributed by atoms with Crippen molar-refractivity contribution in [2.45, 2.75) is 13.0 Å². The fraction of sp³-hybridized carbons (Fsp3) is 0.350. The summed E-state index contributed by atoms with van der Waals surface area (Å²) in [5.41, 5.74) is 2.33. The van der Waals surface area contributed by atoms with Gasteiger partial charge in [0.2, 0.25) is 11.8 Å². The Kier molecular flexibility index (Phi) is 4.44. The molecule has 0 saturated carbocycles. The lowest BCUT2D eigenvalue weighted by Gasteiger charge is -2.38. The van der Waals surface area contributed by atoms with Crippen LogP contribution in [0, 0.1) is 0 Å². The van der Waals surface area contributed by atoms with Crippen molar-refractivity contribution in [3.63, 3.8) is 0 Å². The van der Waals surface area contributed by atoms with Crippen LogP contribution in [0.15, 0.2) is 36.7 Å². The number of nitrogens with one attached hydrogen (secondary N) is 1. The van der Waals surface area contributed by atoms with Gasteiger partial charge in [-0.1, -0.05) is 0 Å². The van der Waals surface area contributed by atoms with Gasteiger partial charge in [0.1, 0.15) is 5.69 Å². The lowest BCUT2D eigenvalue weighted by molar-refractivity contribution is -0.118. The highest BCUT2D eigenvalue weighted by molar-refractivity contribution is 5.94. The molecule has 0 radical (unpaired) electrons. The van der Waals surface area contributed by atoms with Crippen LogP contribution < -0.4 is 15.0 Å². The average molecular weight is 391 g/mol. The van der Waals surface area contributed by atoms with Crippen molar-refractivity contribution in [1.82, 2.24) is 24.8 Å². The van der Waals surface area contributed by atoms with Crippen LogP contribution in [-0.2, 0) is 4.79 Å². The first-order chi connectivity index (χ1) is 14.2. The van der Waals surface area contributed by atoms with E-state index in [1.54, 1.807) is 12.4 Å². The van der Waals surface area contributed by atoms with Gasteiger partial charge in [0.05, 0.1) is 11.9 Å². The maximum Gasteiger partial charge on any atom is 0.262 e. The highest BCUT2D eigenvalue weighted by atomic mass is 16.5. The largest absolute Gasteiger partial charge is 0.466 e. The molecule has 0 bridgehead atoms. The van der Waals surface area contributed by atoms with Crippen LogP contribution in [0.1, 0.15) is 18.7 Å². The van der Waals surface area contributed by atoms with E-state index in [1.807, 2.05) is 12.1 Å². The third-order valence-corrected chi connectivity index (χ3v) is 5.41. The summed E-state index contributed by atoms with van der Waals surface area (Å²) in [5, 5.41) is 3.77. The van der Waals surface area contributed by atoms with Crippen molar-refractivity contribution in [3.05, 3.63) is 42.4 Å². The standard InChI is InChI=1S/C20H21N7O2/c1-13(15-5-4-14-3-2-6-21-18(14)24-15)26-7-9-27(10-8-26)20-22-11-16-19(25-20)29-12-17(28)23-16/h2-6,11,13H,7-10,12H2,1H3,(H,23,28). The summed E-state index contributed by atoms with van der Waals surface area (Å²) in [6.07, 6.45) is 3.38. The second-order valence-corrected chi connectivity index (χ2v) is 7.21. The van der Waals surface area contributed by atoms with Gasteiger partial charge in [-0.15, -0.1) is 0 Å². The number of aromatic nitrogens is 4. The first-order valence-electron chi connectivity index (χ1n) is 9.68. The number of carbonyl (C=O) groups excluding carboxylic acids is 1. The number of anilines is 2. The van der Waals surface area contributed by atoms with Gasteiger partial charge in [0, 0.05) is 43.8 Å². The summed E-state index contributed by atoms with van der Waals surface area (Å²) in [5.74, 6) is 0.868. The molecule has 29 heavy (non-hydrogen) atoms. The number of carbonyl (C=O) groups is 1. The molecule has 0 aliphatic carbocycles. The van der Waals surface area contributed by atoms with E-state index in [0.29, 0.717) is 17.5 Å². The van der Waals surface area contributed by atoms with Gasteiger partial charge >= 0.3 is 0 Å².